The number of hydrogen-bond acceptors (Lipinski definition) is 3. The summed E-state index contributed by atoms with van der Waals surface area (Å²) in [7, 11) is 2.10. The van der Waals surface area contributed by atoms with E-state index in [1.54, 1.807) is 12.4 Å². The Morgan fingerprint density at radius 2 is 2.04 bits per heavy atom. The molecule has 2 aromatic carbocycles. The third kappa shape index (κ3) is 4.20. The van der Waals surface area contributed by atoms with Gasteiger partial charge in [-0.2, -0.15) is 0 Å². The van der Waals surface area contributed by atoms with Gasteiger partial charge in [0.2, 0.25) is 0 Å². The number of aromatic nitrogens is 2. The van der Waals surface area contributed by atoms with Crippen LogP contribution in [0.25, 0.3) is 11.0 Å². The third-order valence-corrected chi connectivity index (χ3v) is 3.98. The predicted molar refractivity (Wildman–Crippen MR) is 95.8 cm³/mol. The van der Waals surface area contributed by atoms with Crippen LogP contribution in [0.3, 0.4) is 0 Å². The van der Waals surface area contributed by atoms with E-state index in [4.69, 9.17) is 0 Å². The van der Waals surface area contributed by atoms with Crippen molar-refractivity contribution >= 4 is 16.9 Å². The highest BCUT2D eigenvalue weighted by Crippen LogP contribution is 2.11. The van der Waals surface area contributed by atoms with Crippen LogP contribution in [0, 0.1) is 0 Å². The maximum absolute atomic E-state index is 12.2. The van der Waals surface area contributed by atoms with Crippen LogP contribution in [0.5, 0.6) is 0 Å². The van der Waals surface area contributed by atoms with Crippen molar-refractivity contribution in [2.24, 2.45) is 0 Å². The normalized spacial score (nSPS) is 11.1. The van der Waals surface area contributed by atoms with Crippen molar-refractivity contribution in [3.63, 3.8) is 0 Å². The van der Waals surface area contributed by atoms with Gasteiger partial charge in [0.15, 0.2) is 0 Å². The molecular formula is C19H22N4O. The van der Waals surface area contributed by atoms with E-state index < -0.39 is 0 Å². The highest BCUT2D eigenvalue weighted by Gasteiger charge is 2.07. The first-order chi connectivity index (χ1) is 11.7. The van der Waals surface area contributed by atoms with Gasteiger partial charge in [0, 0.05) is 18.7 Å². The van der Waals surface area contributed by atoms with Crippen LogP contribution in [0.1, 0.15) is 22.3 Å². The van der Waals surface area contributed by atoms with Crippen LogP contribution in [-0.2, 0) is 6.54 Å². The molecule has 1 amide bonds. The molecule has 2 N–H and O–H groups in total. The standard InChI is InChI=1S/C19H22N4O/c1-23(13-15-6-3-2-4-7-15)11-5-10-20-19(24)16-8-9-17-18(12-16)22-14-21-17/h2-4,6-9,12,14H,5,10-11,13H2,1H3,(H,20,24)(H,21,22). The van der Waals surface area contributed by atoms with E-state index in [-0.39, 0.29) is 5.91 Å². The molecular weight excluding hydrogens is 300 g/mol. The Kier molecular flexibility index (Phi) is 5.23. The number of H-pyrrole nitrogens is 1. The van der Waals surface area contributed by atoms with Crippen LogP contribution in [0.2, 0.25) is 0 Å². The molecule has 0 atom stereocenters. The first kappa shape index (κ1) is 16.2. The lowest BCUT2D eigenvalue weighted by Crippen LogP contribution is -2.28. The number of rotatable bonds is 7. The quantitative estimate of drug-likeness (QED) is 0.658. The van der Waals surface area contributed by atoms with Crippen LogP contribution in [0.15, 0.2) is 54.9 Å². The molecule has 5 nitrogen and oxygen atoms in total. The first-order valence-electron chi connectivity index (χ1n) is 8.16. The van der Waals surface area contributed by atoms with Crippen molar-refractivity contribution in [2.75, 3.05) is 20.1 Å². The zero-order valence-corrected chi connectivity index (χ0v) is 13.8. The number of carbonyl (C=O) groups excluding carboxylic acids is 1. The molecule has 3 rings (SSSR count). The summed E-state index contributed by atoms with van der Waals surface area (Å²) in [6, 6.07) is 15.9. The van der Waals surface area contributed by atoms with Gasteiger partial charge in [-0.1, -0.05) is 30.3 Å². The second kappa shape index (κ2) is 7.75. The van der Waals surface area contributed by atoms with Crippen LogP contribution in [0.4, 0.5) is 0 Å². The number of nitrogens with zero attached hydrogens (tertiary/aromatic N) is 2. The van der Waals surface area contributed by atoms with Gasteiger partial charge in [0.1, 0.15) is 0 Å². The molecule has 0 saturated heterocycles. The molecule has 0 aliphatic rings. The number of hydrogen-bond donors (Lipinski definition) is 2. The Morgan fingerprint density at radius 3 is 2.88 bits per heavy atom. The monoisotopic (exact) mass is 322 g/mol. The Labute approximate surface area is 141 Å². The molecule has 5 heteroatoms. The lowest BCUT2D eigenvalue weighted by molar-refractivity contribution is 0.0952. The predicted octanol–water partition coefficient (Wildman–Crippen LogP) is 2.81. The molecule has 0 aliphatic heterocycles. The molecule has 0 aliphatic carbocycles. The maximum atomic E-state index is 12.2. The molecule has 0 radical (unpaired) electrons. The van der Waals surface area contributed by atoms with Gasteiger partial charge in [0.05, 0.1) is 17.4 Å². The molecule has 0 spiro atoms. The number of nitrogens with one attached hydrogen (secondary N) is 2. The van der Waals surface area contributed by atoms with Crippen molar-refractivity contribution in [1.29, 1.82) is 0 Å². The van der Waals surface area contributed by atoms with E-state index >= 15 is 0 Å². The largest absolute Gasteiger partial charge is 0.352 e. The molecule has 124 valence electrons. The zero-order chi connectivity index (χ0) is 16.8. The Balaban J connectivity index is 1.41. The minimum atomic E-state index is -0.0442. The Morgan fingerprint density at radius 1 is 1.21 bits per heavy atom. The van der Waals surface area contributed by atoms with E-state index in [0.717, 1.165) is 30.5 Å². The van der Waals surface area contributed by atoms with Gasteiger partial charge in [-0.05, 0) is 43.8 Å². The van der Waals surface area contributed by atoms with E-state index in [1.807, 2.05) is 18.2 Å². The van der Waals surface area contributed by atoms with Crippen molar-refractivity contribution < 1.29 is 4.79 Å². The Bertz CT molecular complexity index is 797. The fraction of sp³-hybridized carbons (Fsp3) is 0.263. The van der Waals surface area contributed by atoms with Gasteiger partial charge >= 0.3 is 0 Å². The average Bonchev–Trinajstić information content (AvgIpc) is 3.07. The smallest absolute Gasteiger partial charge is 0.251 e. The van der Waals surface area contributed by atoms with Crippen molar-refractivity contribution in [3.8, 4) is 0 Å². The molecule has 0 fully saturated rings. The summed E-state index contributed by atoms with van der Waals surface area (Å²) in [6.07, 6.45) is 2.55. The molecule has 0 saturated carbocycles. The summed E-state index contributed by atoms with van der Waals surface area (Å²) in [5.74, 6) is -0.0442. The summed E-state index contributed by atoms with van der Waals surface area (Å²) in [6.45, 7) is 2.53. The number of fused-ring (bicyclic) bond motifs is 1. The molecule has 0 unspecified atom stereocenters. The molecule has 1 aromatic heterocycles. The van der Waals surface area contributed by atoms with Gasteiger partial charge < -0.3 is 15.2 Å². The van der Waals surface area contributed by atoms with Crippen molar-refractivity contribution in [1.82, 2.24) is 20.2 Å². The van der Waals surface area contributed by atoms with Gasteiger partial charge in [-0.15, -0.1) is 0 Å². The highest BCUT2D eigenvalue weighted by atomic mass is 16.1. The molecule has 0 bridgehead atoms. The summed E-state index contributed by atoms with van der Waals surface area (Å²) in [5.41, 5.74) is 3.71. The number of amides is 1. The second-order valence-corrected chi connectivity index (χ2v) is 5.97. The van der Waals surface area contributed by atoms with Gasteiger partial charge in [-0.25, -0.2) is 4.98 Å². The average molecular weight is 322 g/mol. The lowest BCUT2D eigenvalue weighted by atomic mass is 10.2. The number of benzene rings is 2. The zero-order valence-electron chi connectivity index (χ0n) is 13.8. The van der Waals surface area contributed by atoms with Crippen molar-refractivity contribution in [2.45, 2.75) is 13.0 Å². The van der Waals surface area contributed by atoms with Gasteiger partial charge in [0.25, 0.3) is 5.91 Å². The topological polar surface area (TPSA) is 61.0 Å². The Hall–Kier alpha value is -2.66. The third-order valence-electron chi connectivity index (χ3n) is 3.98. The number of imidazole rings is 1. The summed E-state index contributed by atoms with van der Waals surface area (Å²) in [5, 5.41) is 2.98. The minimum Gasteiger partial charge on any atom is -0.352 e. The molecule has 24 heavy (non-hydrogen) atoms. The summed E-state index contributed by atoms with van der Waals surface area (Å²) >= 11 is 0. The summed E-state index contributed by atoms with van der Waals surface area (Å²) < 4.78 is 0. The first-order valence-corrected chi connectivity index (χ1v) is 8.16. The van der Waals surface area contributed by atoms with Crippen LogP contribution < -0.4 is 5.32 Å². The lowest BCUT2D eigenvalue weighted by Gasteiger charge is -2.16. The van der Waals surface area contributed by atoms with Crippen LogP contribution >= 0.6 is 0 Å². The fourth-order valence-electron chi connectivity index (χ4n) is 2.70. The van der Waals surface area contributed by atoms with E-state index in [9.17, 15) is 4.79 Å². The molecule has 3 aromatic rings. The summed E-state index contributed by atoms with van der Waals surface area (Å²) in [4.78, 5) is 21.6. The van der Waals surface area contributed by atoms with E-state index in [2.05, 4.69) is 51.5 Å². The minimum absolute atomic E-state index is 0.0442. The number of carbonyl (C=O) groups is 1. The maximum Gasteiger partial charge on any atom is 0.251 e. The van der Waals surface area contributed by atoms with E-state index in [1.165, 1.54) is 5.56 Å². The van der Waals surface area contributed by atoms with Crippen LogP contribution in [-0.4, -0.2) is 40.9 Å². The molecule has 1 heterocycles. The SMILES string of the molecule is CN(CCCNC(=O)c1ccc2nc[nH]c2c1)Cc1ccccc1. The highest BCUT2D eigenvalue weighted by molar-refractivity contribution is 5.97. The fourth-order valence-corrected chi connectivity index (χ4v) is 2.70. The number of aromatic amines is 1. The van der Waals surface area contributed by atoms with Gasteiger partial charge in [-0.3, -0.25) is 4.79 Å². The van der Waals surface area contributed by atoms with Crippen molar-refractivity contribution in [3.05, 3.63) is 66.0 Å². The second-order valence-electron chi connectivity index (χ2n) is 5.97. The van der Waals surface area contributed by atoms with E-state index in [0.29, 0.717) is 12.1 Å².